The highest BCUT2D eigenvalue weighted by Gasteiger charge is 2.21. The van der Waals surface area contributed by atoms with E-state index in [2.05, 4.69) is 5.32 Å². The van der Waals surface area contributed by atoms with Gasteiger partial charge in [0.05, 0.1) is 19.3 Å². The molecule has 0 aliphatic rings. The molecule has 0 aromatic heterocycles. The first kappa shape index (κ1) is 21.5. The number of ether oxygens (including phenoxy) is 2. The molecule has 28 heavy (non-hydrogen) atoms. The first-order valence-electron chi connectivity index (χ1n) is 8.57. The summed E-state index contributed by atoms with van der Waals surface area (Å²) in [5, 5.41) is 2.76. The lowest BCUT2D eigenvalue weighted by Crippen LogP contribution is -2.37. The fourth-order valence-corrected chi connectivity index (χ4v) is 3.19. The van der Waals surface area contributed by atoms with E-state index in [1.807, 2.05) is 0 Å². The van der Waals surface area contributed by atoms with Crippen LogP contribution in [0.2, 0.25) is 0 Å². The number of benzene rings is 2. The Labute approximate surface area is 165 Å². The number of methoxy groups -OCH3 is 1. The van der Waals surface area contributed by atoms with Crippen LogP contribution in [0.25, 0.3) is 0 Å². The monoisotopic (exact) mass is 407 g/mol. The van der Waals surface area contributed by atoms with Crippen molar-refractivity contribution in [2.45, 2.75) is 0 Å². The first-order chi connectivity index (χ1) is 13.3. The van der Waals surface area contributed by atoms with Crippen molar-refractivity contribution in [3.63, 3.8) is 0 Å². The van der Waals surface area contributed by atoms with Crippen LogP contribution in [0.4, 0.5) is 5.69 Å². The third kappa shape index (κ3) is 5.37. The van der Waals surface area contributed by atoms with Crippen molar-refractivity contribution < 1.29 is 22.7 Å². The maximum Gasteiger partial charge on any atom is 0.303 e. The normalized spacial score (nSPS) is 11.2. The van der Waals surface area contributed by atoms with Crippen LogP contribution < -0.4 is 19.1 Å². The molecule has 8 nitrogen and oxygen atoms in total. The van der Waals surface area contributed by atoms with Crippen LogP contribution in [-0.4, -0.2) is 60.0 Å². The maximum atomic E-state index is 12.2. The zero-order valence-electron chi connectivity index (χ0n) is 16.4. The largest absolute Gasteiger partial charge is 0.497 e. The third-order valence-electron chi connectivity index (χ3n) is 4.02. The molecule has 0 saturated heterocycles. The minimum absolute atomic E-state index is 0.261. The van der Waals surface area contributed by atoms with E-state index in [0.717, 1.165) is 14.4 Å². The fraction of sp³-hybridized carbons (Fsp3) is 0.316. The Morgan fingerprint density at radius 3 is 2.07 bits per heavy atom. The van der Waals surface area contributed by atoms with Gasteiger partial charge in [-0.3, -0.25) is 9.10 Å². The Morgan fingerprint density at radius 1 is 0.964 bits per heavy atom. The highest BCUT2D eigenvalue weighted by Crippen LogP contribution is 2.18. The van der Waals surface area contributed by atoms with E-state index in [4.69, 9.17) is 9.47 Å². The molecular formula is C19H25N3O5S. The predicted molar refractivity (Wildman–Crippen MR) is 108 cm³/mol. The van der Waals surface area contributed by atoms with Crippen molar-refractivity contribution >= 4 is 21.8 Å². The van der Waals surface area contributed by atoms with Gasteiger partial charge in [0, 0.05) is 26.7 Å². The van der Waals surface area contributed by atoms with Gasteiger partial charge in [0.1, 0.15) is 18.1 Å². The molecule has 2 aromatic carbocycles. The van der Waals surface area contributed by atoms with Crippen molar-refractivity contribution in [3.05, 3.63) is 54.1 Å². The van der Waals surface area contributed by atoms with Gasteiger partial charge in [-0.2, -0.15) is 12.7 Å². The van der Waals surface area contributed by atoms with Gasteiger partial charge in [0.25, 0.3) is 5.91 Å². The van der Waals surface area contributed by atoms with Crippen molar-refractivity contribution in [3.8, 4) is 11.5 Å². The fourth-order valence-electron chi connectivity index (χ4n) is 2.31. The molecule has 0 heterocycles. The van der Waals surface area contributed by atoms with Crippen LogP contribution in [0.5, 0.6) is 11.5 Å². The van der Waals surface area contributed by atoms with E-state index in [9.17, 15) is 13.2 Å². The summed E-state index contributed by atoms with van der Waals surface area (Å²) in [4.78, 5) is 12.2. The van der Waals surface area contributed by atoms with Crippen LogP contribution >= 0.6 is 0 Å². The first-order valence-corrected chi connectivity index (χ1v) is 9.97. The van der Waals surface area contributed by atoms with Crippen molar-refractivity contribution in [1.29, 1.82) is 0 Å². The SMILES string of the molecule is COc1ccc(OCCNC(=O)c2ccc(N(C)S(=O)(=O)N(C)C)cc2)cc1. The summed E-state index contributed by atoms with van der Waals surface area (Å²) >= 11 is 0. The summed E-state index contributed by atoms with van der Waals surface area (Å²) < 4.78 is 37.2. The zero-order valence-corrected chi connectivity index (χ0v) is 17.2. The lowest BCUT2D eigenvalue weighted by Gasteiger charge is -2.23. The number of amides is 1. The summed E-state index contributed by atoms with van der Waals surface area (Å²) in [5.41, 5.74) is 0.900. The molecule has 0 bridgehead atoms. The minimum Gasteiger partial charge on any atom is -0.497 e. The number of carbonyl (C=O) groups is 1. The van der Waals surface area contributed by atoms with Crippen LogP contribution in [-0.2, 0) is 10.2 Å². The lowest BCUT2D eigenvalue weighted by atomic mass is 10.2. The number of hydrogen-bond acceptors (Lipinski definition) is 5. The molecule has 2 rings (SSSR count). The number of nitrogens with one attached hydrogen (secondary N) is 1. The molecule has 0 aliphatic carbocycles. The van der Waals surface area contributed by atoms with E-state index >= 15 is 0 Å². The summed E-state index contributed by atoms with van der Waals surface area (Å²) in [5.74, 6) is 1.17. The Balaban J connectivity index is 1.85. The van der Waals surface area contributed by atoms with E-state index in [1.54, 1.807) is 55.6 Å². The average Bonchev–Trinajstić information content (AvgIpc) is 2.70. The highest BCUT2D eigenvalue weighted by atomic mass is 32.2. The number of carbonyl (C=O) groups excluding carboxylic acids is 1. The molecule has 1 N–H and O–H groups in total. The van der Waals surface area contributed by atoms with Gasteiger partial charge in [-0.1, -0.05) is 0 Å². The van der Waals surface area contributed by atoms with Crippen LogP contribution in [0.3, 0.4) is 0 Å². The molecule has 1 amide bonds. The quantitative estimate of drug-likeness (QED) is 0.640. The smallest absolute Gasteiger partial charge is 0.303 e. The summed E-state index contributed by atoms with van der Waals surface area (Å²) in [7, 11) is 2.40. The lowest BCUT2D eigenvalue weighted by molar-refractivity contribution is 0.0947. The molecule has 0 fully saturated rings. The van der Waals surface area contributed by atoms with Crippen molar-refractivity contribution in [2.75, 3.05) is 45.7 Å². The predicted octanol–water partition coefficient (Wildman–Crippen LogP) is 1.75. The number of hydrogen-bond donors (Lipinski definition) is 1. The van der Waals surface area contributed by atoms with Gasteiger partial charge in [-0.15, -0.1) is 0 Å². The number of nitrogens with zero attached hydrogens (tertiary/aromatic N) is 2. The van der Waals surface area contributed by atoms with Gasteiger partial charge in [0.15, 0.2) is 0 Å². The van der Waals surface area contributed by atoms with Crippen molar-refractivity contribution in [1.82, 2.24) is 9.62 Å². The Hall–Kier alpha value is -2.78. The van der Waals surface area contributed by atoms with Crippen LogP contribution in [0.1, 0.15) is 10.4 Å². The molecule has 0 spiro atoms. The maximum absolute atomic E-state index is 12.2. The molecule has 0 radical (unpaired) electrons. The molecule has 0 atom stereocenters. The second kappa shape index (κ2) is 9.43. The molecule has 9 heteroatoms. The average molecular weight is 407 g/mol. The topological polar surface area (TPSA) is 88.2 Å². The summed E-state index contributed by atoms with van der Waals surface area (Å²) in [6.07, 6.45) is 0. The van der Waals surface area contributed by atoms with Gasteiger partial charge in [-0.05, 0) is 48.5 Å². The minimum atomic E-state index is -3.57. The van der Waals surface area contributed by atoms with Crippen LogP contribution in [0.15, 0.2) is 48.5 Å². The highest BCUT2D eigenvalue weighted by molar-refractivity contribution is 7.90. The molecule has 0 saturated carbocycles. The van der Waals surface area contributed by atoms with E-state index in [0.29, 0.717) is 30.2 Å². The molecule has 0 unspecified atom stereocenters. The number of rotatable bonds is 9. The third-order valence-corrected chi connectivity index (χ3v) is 5.84. The van der Waals surface area contributed by atoms with Crippen LogP contribution in [0, 0.1) is 0 Å². The Morgan fingerprint density at radius 2 is 1.54 bits per heavy atom. The second-order valence-electron chi connectivity index (χ2n) is 6.08. The molecule has 2 aromatic rings. The van der Waals surface area contributed by atoms with Gasteiger partial charge in [0.2, 0.25) is 0 Å². The van der Waals surface area contributed by atoms with E-state index in [1.165, 1.54) is 21.1 Å². The summed E-state index contributed by atoms with van der Waals surface area (Å²) in [6.45, 7) is 0.654. The molecule has 152 valence electrons. The van der Waals surface area contributed by atoms with Gasteiger partial charge < -0.3 is 14.8 Å². The second-order valence-corrected chi connectivity index (χ2v) is 8.26. The Bertz CT molecular complexity index is 881. The Kier molecular flexibility index (Phi) is 7.24. The molecular weight excluding hydrogens is 382 g/mol. The molecule has 0 aliphatic heterocycles. The van der Waals surface area contributed by atoms with E-state index < -0.39 is 10.2 Å². The van der Waals surface area contributed by atoms with E-state index in [-0.39, 0.29) is 5.91 Å². The zero-order chi connectivity index (χ0) is 20.7. The van der Waals surface area contributed by atoms with Gasteiger partial charge in [-0.25, -0.2) is 0 Å². The van der Waals surface area contributed by atoms with Crippen molar-refractivity contribution in [2.24, 2.45) is 0 Å². The standard InChI is InChI=1S/C19H25N3O5S/c1-21(2)28(24,25)22(3)16-7-5-15(6-8-16)19(23)20-13-14-27-18-11-9-17(26-4)10-12-18/h5-12H,13-14H2,1-4H3,(H,20,23). The van der Waals surface area contributed by atoms with Gasteiger partial charge >= 0.3 is 10.2 Å². The summed E-state index contributed by atoms with van der Waals surface area (Å²) in [6, 6.07) is 13.5. The number of anilines is 1.